The molecule has 0 saturated heterocycles. The van der Waals surface area contributed by atoms with Crippen LogP contribution in [0.2, 0.25) is 0 Å². The summed E-state index contributed by atoms with van der Waals surface area (Å²) in [5.74, 6) is -2.44. The lowest BCUT2D eigenvalue weighted by Crippen LogP contribution is -2.07. The van der Waals surface area contributed by atoms with E-state index in [0.29, 0.717) is 0 Å². The van der Waals surface area contributed by atoms with E-state index in [1.54, 1.807) is 30.3 Å². The number of rotatable bonds is 5. The molecule has 12 rings (SSSR count). The minimum atomic E-state index is -0.958. The van der Waals surface area contributed by atoms with Crippen molar-refractivity contribution in [3.63, 3.8) is 0 Å². The Balaban J connectivity index is 1.32. The molecule has 0 N–H and O–H groups in total. The van der Waals surface area contributed by atoms with E-state index in [1.165, 1.54) is 4.57 Å². The minimum absolute atomic E-state index is 0.198. The molecule has 0 fully saturated rings. The molecule has 57 heavy (non-hydrogen) atoms. The van der Waals surface area contributed by atoms with Crippen molar-refractivity contribution in [2.75, 3.05) is 0 Å². The van der Waals surface area contributed by atoms with Crippen molar-refractivity contribution in [2.24, 2.45) is 0 Å². The minimum Gasteiger partial charge on any atom is -0.456 e. The Morgan fingerprint density at radius 3 is 1.75 bits per heavy atom. The molecule has 0 spiro atoms. The summed E-state index contributed by atoms with van der Waals surface area (Å²) in [6.45, 7) is 0. The lowest BCUT2D eigenvalue weighted by molar-refractivity contribution is 0.669. The first-order valence-corrected chi connectivity index (χ1v) is 17.0. The Kier molecular flexibility index (Phi) is 3.33. The van der Waals surface area contributed by atoms with Crippen LogP contribution in [0.4, 0.5) is 0 Å². The fraction of sp³-hybridized carbons (Fsp3) is 0. The van der Waals surface area contributed by atoms with Crippen LogP contribution in [0.25, 0.3) is 111 Å². The van der Waals surface area contributed by atoms with E-state index in [0.717, 1.165) is 4.57 Å². The first kappa shape index (κ1) is 15.4. The van der Waals surface area contributed by atoms with Crippen molar-refractivity contribution in [1.29, 1.82) is 0 Å². The summed E-state index contributed by atoms with van der Waals surface area (Å²) in [7, 11) is 0. The van der Waals surface area contributed by atoms with Gasteiger partial charge in [0.2, 0.25) is 5.95 Å². The van der Waals surface area contributed by atoms with E-state index in [1.807, 2.05) is 0 Å². The largest absolute Gasteiger partial charge is 0.456 e. The Morgan fingerprint density at radius 1 is 0.439 bits per heavy atom. The number of benzene rings is 8. The third kappa shape index (κ3) is 4.81. The van der Waals surface area contributed by atoms with Gasteiger partial charge in [0.15, 0.2) is 11.6 Å². The molecule has 266 valence electrons. The number of para-hydroxylation sites is 3. The second-order valence-corrected chi connectivity index (χ2v) is 12.4. The maximum Gasteiger partial charge on any atom is 0.238 e. The summed E-state index contributed by atoms with van der Waals surface area (Å²) < 4.78 is 242. The van der Waals surface area contributed by atoms with Crippen molar-refractivity contribution in [3.8, 4) is 45.5 Å². The van der Waals surface area contributed by atoms with Gasteiger partial charge in [-0.3, -0.25) is 4.57 Å². The first-order valence-electron chi connectivity index (χ1n) is 30.0. The molecule has 12 aromatic rings. The molecule has 4 heterocycles. The smallest absolute Gasteiger partial charge is 0.238 e. The highest BCUT2D eigenvalue weighted by Gasteiger charge is 2.24. The molecule has 0 bridgehead atoms. The van der Waals surface area contributed by atoms with Gasteiger partial charge in [-0.2, -0.15) is 9.97 Å². The predicted octanol–water partition coefficient (Wildman–Crippen LogP) is 13.0. The second-order valence-electron chi connectivity index (χ2n) is 12.4. The average molecular weight is 756 g/mol. The van der Waals surface area contributed by atoms with Crippen LogP contribution in [-0.4, -0.2) is 24.1 Å². The molecule has 0 atom stereocenters. The summed E-state index contributed by atoms with van der Waals surface area (Å²) in [6.07, 6.45) is 0. The summed E-state index contributed by atoms with van der Waals surface area (Å²) in [5.41, 5.74) is -5.08. The Labute approximate surface area is 363 Å². The standard InChI is InChI=1S/C51H31N5O/c1-4-15-32(16-5-1)36-23-14-26-44-46(36)41-28-27-34(31-45(41)57-44)50-52-49(33-17-6-2-7-18-33)53-51(54-50)56-43-25-13-11-22-38(43)40-30-29-39-37-21-10-12-24-42(37)55(47(39)48(40)56)35-19-8-3-9-20-35/h1-31H/i1D,2D,4D,5D,6D,7D,10D,11D,12D,13D,14D,15D,16D,17D,18D,21D,22D,23D,24D,25D,26D,27D,28D,29D,30D,31D. The van der Waals surface area contributed by atoms with Crippen molar-refractivity contribution in [2.45, 2.75) is 0 Å². The van der Waals surface area contributed by atoms with Gasteiger partial charge in [0.05, 0.1) is 57.7 Å². The number of nitrogens with zero attached hydrogens (tertiary/aromatic N) is 5. The van der Waals surface area contributed by atoms with Crippen molar-refractivity contribution in [3.05, 3.63) is 187 Å². The molecule has 0 aliphatic carbocycles. The molecule has 6 heteroatoms. The summed E-state index contributed by atoms with van der Waals surface area (Å²) >= 11 is 0. The van der Waals surface area contributed by atoms with Gasteiger partial charge >= 0.3 is 0 Å². The van der Waals surface area contributed by atoms with Crippen LogP contribution in [0.5, 0.6) is 0 Å². The molecule has 8 aromatic carbocycles. The zero-order chi connectivity index (χ0) is 60.1. The SMILES string of the molecule is [2H]c1c([2H])c([2H])c(-c2nc(-c3c([2H])c([2H])c4c(oc5c([2H])c([2H])c([2H])c(-c6c([2H])c([2H])c([2H])c([2H])c6[2H])c54)c3[2H])nc(-n3c4c([2H])c([2H])c([2H])c([2H])c4c4c([2H])c([2H])c5c6c([2H])c([2H])c([2H])c([2H])c6n(-c6ccccc6)c5c43)n2)c([2H])c1[2H]. The topological polar surface area (TPSA) is 61.7 Å². The average Bonchev–Trinajstić information content (AvgIpc) is 1.75. The molecule has 0 radical (unpaired) electrons. The highest BCUT2D eigenvalue weighted by molar-refractivity contribution is 6.23. The number of hydrogen-bond donors (Lipinski definition) is 0. The molecular weight excluding hydrogens is 699 g/mol. The predicted molar refractivity (Wildman–Crippen MR) is 232 cm³/mol. The summed E-state index contributed by atoms with van der Waals surface area (Å²) in [4.78, 5) is 13.8. The quantitative estimate of drug-likeness (QED) is 0.175. The Bertz CT molecular complexity index is 5000. The van der Waals surface area contributed by atoms with E-state index in [9.17, 15) is 12.3 Å². The molecule has 0 saturated carbocycles. The van der Waals surface area contributed by atoms with E-state index in [2.05, 4.69) is 9.97 Å². The fourth-order valence-corrected chi connectivity index (χ4v) is 7.02. The number of aromatic nitrogens is 5. The van der Waals surface area contributed by atoms with Crippen molar-refractivity contribution in [1.82, 2.24) is 24.1 Å². The van der Waals surface area contributed by atoms with Gasteiger partial charge in [0.25, 0.3) is 0 Å². The lowest BCUT2D eigenvalue weighted by Gasteiger charge is -2.13. The molecular formula is C51H31N5O. The van der Waals surface area contributed by atoms with E-state index < -0.39 is 230 Å². The molecule has 6 nitrogen and oxygen atoms in total. The second kappa shape index (κ2) is 12.3. The zero-order valence-corrected chi connectivity index (χ0v) is 28.5. The normalized spacial score (nSPS) is 18.2. The monoisotopic (exact) mass is 755 g/mol. The fourth-order valence-electron chi connectivity index (χ4n) is 7.02. The Hall–Kier alpha value is -7.83. The van der Waals surface area contributed by atoms with Gasteiger partial charge in [0.1, 0.15) is 11.2 Å². The zero-order valence-electron chi connectivity index (χ0n) is 54.5. The van der Waals surface area contributed by atoms with Crippen LogP contribution in [0.15, 0.2) is 192 Å². The van der Waals surface area contributed by atoms with Crippen LogP contribution < -0.4 is 0 Å². The molecule has 0 amide bonds. The van der Waals surface area contributed by atoms with E-state index in [-0.39, 0.29) is 38.4 Å². The lowest BCUT2D eigenvalue weighted by atomic mass is 9.99. The highest BCUT2D eigenvalue weighted by atomic mass is 16.3. The molecule has 0 aliphatic heterocycles. The first-order chi connectivity index (χ1) is 39.1. The molecule has 0 aliphatic rings. The van der Waals surface area contributed by atoms with E-state index >= 15 is 0 Å². The van der Waals surface area contributed by atoms with Gasteiger partial charge in [-0.1, -0.05) is 145 Å². The van der Waals surface area contributed by atoms with Gasteiger partial charge in [-0.05, 0) is 53.5 Å². The number of hydrogen-bond acceptors (Lipinski definition) is 4. The van der Waals surface area contributed by atoms with Crippen LogP contribution in [0.3, 0.4) is 0 Å². The van der Waals surface area contributed by atoms with Crippen LogP contribution in [-0.2, 0) is 0 Å². The highest BCUT2D eigenvalue weighted by Crippen LogP contribution is 2.42. The third-order valence-electron chi connectivity index (χ3n) is 9.35. The van der Waals surface area contributed by atoms with Crippen LogP contribution >= 0.6 is 0 Å². The maximum absolute atomic E-state index is 9.79. The van der Waals surface area contributed by atoms with E-state index in [4.69, 9.17) is 32.7 Å². The Morgan fingerprint density at radius 2 is 1.04 bits per heavy atom. The summed E-state index contributed by atoms with van der Waals surface area (Å²) in [6, 6.07) is -13.2. The van der Waals surface area contributed by atoms with Crippen molar-refractivity contribution >= 4 is 65.6 Å². The van der Waals surface area contributed by atoms with Crippen LogP contribution in [0, 0.1) is 0 Å². The number of fused-ring (bicyclic) bond motifs is 10. The van der Waals surface area contributed by atoms with Crippen molar-refractivity contribution < 1.29 is 40.1 Å². The van der Waals surface area contributed by atoms with Crippen LogP contribution in [0.1, 0.15) is 35.6 Å². The van der Waals surface area contributed by atoms with Gasteiger partial charge in [-0.15, -0.1) is 0 Å². The molecule has 4 aromatic heterocycles. The third-order valence-corrected chi connectivity index (χ3v) is 9.35. The maximum atomic E-state index is 9.79. The summed E-state index contributed by atoms with van der Waals surface area (Å²) in [5, 5.41) is -2.33. The van der Waals surface area contributed by atoms with Gasteiger partial charge in [0, 0.05) is 49.1 Å². The number of furan rings is 1. The van der Waals surface area contributed by atoms with Gasteiger partial charge < -0.3 is 8.98 Å². The van der Waals surface area contributed by atoms with Gasteiger partial charge in [-0.25, -0.2) is 4.98 Å². The molecule has 0 unspecified atom stereocenters.